The number of benzene rings is 1. The van der Waals surface area contributed by atoms with Crippen LogP contribution in [-0.4, -0.2) is 16.9 Å². The number of fused-ring (bicyclic) bond motifs is 1. The number of aromatic nitrogens is 1. The lowest BCUT2D eigenvalue weighted by molar-refractivity contribution is -0.119. The average Bonchev–Trinajstić information content (AvgIpc) is 2.40. The molecule has 1 amide bonds. The molecule has 0 radical (unpaired) electrons. The van der Waals surface area contributed by atoms with E-state index in [0.717, 1.165) is 5.39 Å². The highest BCUT2D eigenvalue weighted by Gasteiger charge is 2.27. The zero-order valence-electron chi connectivity index (χ0n) is 11.8. The van der Waals surface area contributed by atoms with E-state index in [1.165, 1.54) is 0 Å². The first kappa shape index (κ1) is 14.8. The Morgan fingerprint density at radius 1 is 1.35 bits per heavy atom. The summed E-state index contributed by atoms with van der Waals surface area (Å²) in [5.74, 6) is -0.230. The van der Waals surface area contributed by atoms with Gasteiger partial charge in [-0.3, -0.25) is 9.78 Å². The van der Waals surface area contributed by atoms with Gasteiger partial charge in [-0.15, -0.1) is 0 Å². The largest absolute Gasteiger partial charge is 0.323 e. The quantitative estimate of drug-likeness (QED) is 0.893. The van der Waals surface area contributed by atoms with Gasteiger partial charge in [0.05, 0.1) is 22.3 Å². The zero-order valence-corrected chi connectivity index (χ0v) is 12.5. The number of halogens is 1. The number of anilines is 1. The summed E-state index contributed by atoms with van der Waals surface area (Å²) in [6.07, 6.45) is 1.66. The predicted molar refractivity (Wildman–Crippen MR) is 82.8 cm³/mol. The number of hydrogen-bond donors (Lipinski definition) is 2. The second kappa shape index (κ2) is 5.38. The summed E-state index contributed by atoms with van der Waals surface area (Å²) in [4.78, 5) is 16.5. The number of nitrogens with zero attached hydrogens (tertiary/aromatic N) is 1. The van der Waals surface area contributed by atoms with E-state index in [1.54, 1.807) is 24.4 Å². The van der Waals surface area contributed by atoms with Gasteiger partial charge in [0.2, 0.25) is 5.91 Å². The van der Waals surface area contributed by atoms with E-state index >= 15 is 0 Å². The van der Waals surface area contributed by atoms with Gasteiger partial charge in [-0.1, -0.05) is 32.4 Å². The molecule has 0 saturated heterocycles. The Balaban J connectivity index is 2.36. The number of nitrogens with two attached hydrogens (primary N) is 1. The molecule has 0 aliphatic rings. The molecule has 0 aliphatic carbocycles. The van der Waals surface area contributed by atoms with Crippen LogP contribution in [0.2, 0.25) is 5.02 Å². The molecule has 106 valence electrons. The lowest BCUT2D eigenvalue weighted by Crippen LogP contribution is -2.45. The fraction of sp³-hybridized carbons (Fsp3) is 0.333. The van der Waals surface area contributed by atoms with Crippen LogP contribution in [0.1, 0.15) is 20.8 Å². The van der Waals surface area contributed by atoms with Gasteiger partial charge in [0.1, 0.15) is 0 Å². The third-order valence-corrected chi connectivity index (χ3v) is 3.52. The average molecular weight is 292 g/mol. The third kappa shape index (κ3) is 2.92. The second-order valence-electron chi connectivity index (χ2n) is 5.83. The lowest BCUT2D eigenvalue weighted by Gasteiger charge is -2.26. The van der Waals surface area contributed by atoms with Crippen molar-refractivity contribution in [2.24, 2.45) is 11.1 Å². The summed E-state index contributed by atoms with van der Waals surface area (Å²) in [6.45, 7) is 5.78. The van der Waals surface area contributed by atoms with E-state index in [-0.39, 0.29) is 11.3 Å². The SMILES string of the molecule is CC(C)(C)C(N)C(=O)Nc1ccc(Cl)c2cccnc12. The topological polar surface area (TPSA) is 68.0 Å². The Morgan fingerprint density at radius 2 is 2.05 bits per heavy atom. The summed E-state index contributed by atoms with van der Waals surface area (Å²) in [7, 11) is 0. The first-order chi connectivity index (χ1) is 9.30. The number of pyridine rings is 1. The molecule has 4 nitrogen and oxygen atoms in total. The van der Waals surface area contributed by atoms with E-state index in [0.29, 0.717) is 16.2 Å². The molecule has 3 N–H and O–H groups in total. The van der Waals surface area contributed by atoms with Crippen LogP contribution in [0.25, 0.3) is 10.9 Å². The van der Waals surface area contributed by atoms with Crippen molar-refractivity contribution in [2.75, 3.05) is 5.32 Å². The van der Waals surface area contributed by atoms with Crippen LogP contribution < -0.4 is 11.1 Å². The summed E-state index contributed by atoms with van der Waals surface area (Å²) in [5.41, 5.74) is 6.93. The maximum absolute atomic E-state index is 12.2. The van der Waals surface area contributed by atoms with Crippen molar-refractivity contribution in [3.05, 3.63) is 35.5 Å². The van der Waals surface area contributed by atoms with Crippen molar-refractivity contribution in [1.82, 2.24) is 4.98 Å². The van der Waals surface area contributed by atoms with Crippen LogP contribution in [0.15, 0.2) is 30.5 Å². The minimum atomic E-state index is -0.600. The second-order valence-corrected chi connectivity index (χ2v) is 6.23. The molecule has 0 spiro atoms. The standard InChI is InChI=1S/C15H18ClN3O/c1-15(2,3)13(17)14(20)19-11-7-6-10(16)9-5-4-8-18-12(9)11/h4-8,13H,17H2,1-3H3,(H,19,20). The van der Waals surface area contributed by atoms with Crippen molar-refractivity contribution in [2.45, 2.75) is 26.8 Å². The van der Waals surface area contributed by atoms with Gasteiger partial charge >= 0.3 is 0 Å². The maximum atomic E-state index is 12.2. The summed E-state index contributed by atoms with van der Waals surface area (Å²) in [5, 5.41) is 4.24. The lowest BCUT2D eigenvalue weighted by atomic mass is 9.87. The minimum absolute atomic E-state index is 0.230. The highest BCUT2D eigenvalue weighted by molar-refractivity contribution is 6.35. The first-order valence-corrected chi connectivity index (χ1v) is 6.78. The molecule has 0 bridgehead atoms. The molecule has 2 rings (SSSR count). The van der Waals surface area contributed by atoms with Crippen LogP contribution >= 0.6 is 11.6 Å². The zero-order chi connectivity index (χ0) is 14.9. The van der Waals surface area contributed by atoms with E-state index < -0.39 is 6.04 Å². The smallest absolute Gasteiger partial charge is 0.241 e. The van der Waals surface area contributed by atoms with Crippen LogP contribution in [0.4, 0.5) is 5.69 Å². The van der Waals surface area contributed by atoms with Crippen molar-refractivity contribution in [3.63, 3.8) is 0 Å². The molecule has 1 atom stereocenters. The van der Waals surface area contributed by atoms with Crippen LogP contribution in [0.3, 0.4) is 0 Å². The Morgan fingerprint density at radius 3 is 2.70 bits per heavy atom. The highest BCUT2D eigenvalue weighted by atomic mass is 35.5. The fourth-order valence-corrected chi connectivity index (χ4v) is 2.06. The molecule has 0 saturated carbocycles. The van der Waals surface area contributed by atoms with Gasteiger partial charge < -0.3 is 11.1 Å². The number of carbonyl (C=O) groups excluding carboxylic acids is 1. The molecule has 0 fully saturated rings. The van der Waals surface area contributed by atoms with Gasteiger partial charge in [0.15, 0.2) is 0 Å². The molecule has 1 aromatic carbocycles. The van der Waals surface area contributed by atoms with E-state index in [9.17, 15) is 4.79 Å². The molecule has 2 aromatic rings. The molecule has 0 aliphatic heterocycles. The first-order valence-electron chi connectivity index (χ1n) is 6.40. The van der Waals surface area contributed by atoms with Crippen molar-refractivity contribution in [3.8, 4) is 0 Å². The maximum Gasteiger partial charge on any atom is 0.241 e. The van der Waals surface area contributed by atoms with Gasteiger partial charge in [0.25, 0.3) is 0 Å². The molecule has 20 heavy (non-hydrogen) atoms. The van der Waals surface area contributed by atoms with Gasteiger partial charge in [-0.25, -0.2) is 0 Å². The monoisotopic (exact) mass is 291 g/mol. The van der Waals surface area contributed by atoms with E-state index in [1.807, 2.05) is 26.8 Å². The normalized spacial score (nSPS) is 13.2. The molecule has 5 heteroatoms. The molecule has 1 aromatic heterocycles. The summed E-state index contributed by atoms with van der Waals surface area (Å²) in [6, 6.07) is 6.55. The Bertz CT molecular complexity index is 649. The van der Waals surface area contributed by atoms with Crippen LogP contribution in [-0.2, 0) is 4.79 Å². The molecular formula is C15H18ClN3O. The van der Waals surface area contributed by atoms with E-state index in [2.05, 4.69) is 10.3 Å². The van der Waals surface area contributed by atoms with Gasteiger partial charge in [-0.2, -0.15) is 0 Å². The predicted octanol–water partition coefficient (Wildman–Crippen LogP) is 3.20. The Labute approximate surface area is 123 Å². The number of rotatable bonds is 2. The molecule has 1 unspecified atom stereocenters. The highest BCUT2D eigenvalue weighted by Crippen LogP contribution is 2.28. The number of amides is 1. The third-order valence-electron chi connectivity index (χ3n) is 3.19. The van der Waals surface area contributed by atoms with Crippen molar-refractivity contribution >= 4 is 34.1 Å². The molecule has 1 heterocycles. The Hall–Kier alpha value is -1.65. The summed E-state index contributed by atoms with van der Waals surface area (Å²) >= 11 is 6.12. The van der Waals surface area contributed by atoms with Crippen molar-refractivity contribution < 1.29 is 4.79 Å². The van der Waals surface area contributed by atoms with E-state index in [4.69, 9.17) is 17.3 Å². The Kier molecular flexibility index (Phi) is 3.97. The fourth-order valence-electron chi connectivity index (χ4n) is 1.84. The van der Waals surface area contributed by atoms with Crippen molar-refractivity contribution in [1.29, 1.82) is 0 Å². The number of hydrogen-bond acceptors (Lipinski definition) is 3. The summed E-state index contributed by atoms with van der Waals surface area (Å²) < 4.78 is 0. The number of carbonyl (C=O) groups is 1. The van der Waals surface area contributed by atoms with Crippen LogP contribution in [0.5, 0.6) is 0 Å². The van der Waals surface area contributed by atoms with Crippen LogP contribution in [0, 0.1) is 5.41 Å². The van der Waals surface area contributed by atoms with Gasteiger partial charge in [0, 0.05) is 11.6 Å². The minimum Gasteiger partial charge on any atom is -0.323 e. The van der Waals surface area contributed by atoms with Gasteiger partial charge in [-0.05, 0) is 29.7 Å². The number of nitrogens with one attached hydrogen (secondary N) is 1. The molecular weight excluding hydrogens is 274 g/mol.